The van der Waals surface area contributed by atoms with Gasteiger partial charge in [0.15, 0.2) is 11.6 Å². The number of phenols is 1. The minimum atomic E-state index is -1.02. The fourth-order valence-corrected chi connectivity index (χ4v) is 1.70. The highest BCUT2D eigenvalue weighted by atomic mass is 19.1. The van der Waals surface area contributed by atoms with Gasteiger partial charge in [0.05, 0.1) is 7.11 Å². The number of esters is 1. The van der Waals surface area contributed by atoms with E-state index >= 15 is 0 Å². The summed E-state index contributed by atoms with van der Waals surface area (Å²) in [5.74, 6) is -1.98. The van der Waals surface area contributed by atoms with Crippen LogP contribution in [0, 0.1) is 5.82 Å². The molecule has 22 heavy (non-hydrogen) atoms. The fourth-order valence-electron chi connectivity index (χ4n) is 1.70. The first-order valence-corrected chi connectivity index (χ1v) is 6.67. The van der Waals surface area contributed by atoms with Gasteiger partial charge in [-0.3, -0.25) is 0 Å². The third-order valence-electron chi connectivity index (χ3n) is 2.63. The van der Waals surface area contributed by atoms with Gasteiger partial charge in [0, 0.05) is 6.42 Å². The molecule has 0 bridgehead atoms. The van der Waals surface area contributed by atoms with E-state index in [0.717, 1.165) is 6.07 Å². The topological polar surface area (TPSA) is 84.9 Å². The molecule has 0 aliphatic rings. The van der Waals surface area contributed by atoms with Crippen molar-refractivity contribution in [3.05, 3.63) is 29.6 Å². The molecule has 6 nitrogen and oxygen atoms in total. The summed E-state index contributed by atoms with van der Waals surface area (Å²) in [5.41, 5.74) is -0.295. The molecule has 0 unspecified atom stereocenters. The molecule has 1 aromatic rings. The molecule has 0 radical (unpaired) electrons. The van der Waals surface area contributed by atoms with E-state index in [9.17, 15) is 14.0 Å². The van der Waals surface area contributed by atoms with Crippen molar-refractivity contribution in [3.8, 4) is 5.75 Å². The van der Waals surface area contributed by atoms with E-state index < -0.39 is 35.3 Å². The molecule has 0 spiro atoms. The summed E-state index contributed by atoms with van der Waals surface area (Å²) >= 11 is 0. The number of carbonyl (C=O) groups is 2. The predicted octanol–water partition coefficient (Wildman–Crippen LogP) is 2.14. The second-order valence-corrected chi connectivity index (χ2v) is 5.71. The molecular weight excluding hydrogens is 293 g/mol. The first-order chi connectivity index (χ1) is 10.1. The van der Waals surface area contributed by atoms with Gasteiger partial charge in [0.1, 0.15) is 11.6 Å². The number of hydrogen-bond donors (Lipinski definition) is 2. The predicted molar refractivity (Wildman–Crippen MR) is 76.9 cm³/mol. The Morgan fingerprint density at radius 3 is 2.50 bits per heavy atom. The van der Waals surface area contributed by atoms with Gasteiger partial charge in [0.2, 0.25) is 0 Å². The highest BCUT2D eigenvalue weighted by molar-refractivity contribution is 5.81. The van der Waals surface area contributed by atoms with Crippen molar-refractivity contribution in [2.75, 3.05) is 7.11 Å². The normalized spacial score (nSPS) is 12.4. The molecule has 1 aromatic carbocycles. The van der Waals surface area contributed by atoms with Crippen molar-refractivity contribution in [1.29, 1.82) is 0 Å². The van der Waals surface area contributed by atoms with Crippen LogP contribution < -0.4 is 5.32 Å². The number of aromatic hydroxyl groups is 1. The standard InChI is InChI=1S/C15H20FNO5/c1-15(2,3)22-14(20)17-11(13(19)21-4)8-9-5-6-12(18)10(16)7-9/h5-7,11,18H,8H2,1-4H3,(H,17,20)/t11-/m0/s1. The van der Waals surface area contributed by atoms with Gasteiger partial charge < -0.3 is 19.9 Å². The molecule has 0 aliphatic heterocycles. The van der Waals surface area contributed by atoms with Crippen LogP contribution >= 0.6 is 0 Å². The molecule has 0 aliphatic carbocycles. The van der Waals surface area contributed by atoms with Crippen LogP contribution in [-0.2, 0) is 20.7 Å². The van der Waals surface area contributed by atoms with Crippen molar-refractivity contribution in [2.24, 2.45) is 0 Å². The lowest BCUT2D eigenvalue weighted by molar-refractivity contribution is -0.143. The lowest BCUT2D eigenvalue weighted by atomic mass is 10.1. The number of ether oxygens (including phenoxy) is 2. The van der Waals surface area contributed by atoms with E-state index in [4.69, 9.17) is 9.84 Å². The monoisotopic (exact) mass is 313 g/mol. The summed E-state index contributed by atoms with van der Waals surface area (Å²) in [4.78, 5) is 23.5. The zero-order valence-corrected chi connectivity index (χ0v) is 13.0. The van der Waals surface area contributed by atoms with Gasteiger partial charge in [-0.1, -0.05) is 6.07 Å². The summed E-state index contributed by atoms with van der Waals surface area (Å²) in [6, 6.07) is 2.68. The number of amides is 1. The van der Waals surface area contributed by atoms with Crippen molar-refractivity contribution < 1.29 is 28.6 Å². The van der Waals surface area contributed by atoms with Crippen LogP contribution in [0.5, 0.6) is 5.75 Å². The van der Waals surface area contributed by atoms with E-state index in [0.29, 0.717) is 5.56 Å². The molecule has 1 amide bonds. The Morgan fingerprint density at radius 2 is 2.00 bits per heavy atom. The SMILES string of the molecule is COC(=O)[C@H](Cc1ccc(O)c(F)c1)NC(=O)OC(C)(C)C. The molecule has 1 rings (SSSR count). The summed E-state index contributed by atoms with van der Waals surface area (Å²) in [5, 5.41) is 11.5. The average molecular weight is 313 g/mol. The number of nitrogens with one attached hydrogen (secondary N) is 1. The number of rotatable bonds is 4. The maximum atomic E-state index is 13.3. The molecule has 2 N–H and O–H groups in total. The molecule has 0 heterocycles. The van der Waals surface area contributed by atoms with Crippen molar-refractivity contribution in [2.45, 2.75) is 38.8 Å². The number of hydrogen-bond acceptors (Lipinski definition) is 5. The van der Waals surface area contributed by atoms with E-state index in [1.165, 1.54) is 19.2 Å². The van der Waals surface area contributed by atoms with Gasteiger partial charge >= 0.3 is 12.1 Å². The Kier molecular flexibility index (Phi) is 5.73. The van der Waals surface area contributed by atoms with E-state index in [2.05, 4.69) is 10.1 Å². The third kappa shape index (κ3) is 5.59. The number of benzene rings is 1. The fraction of sp³-hybridized carbons (Fsp3) is 0.467. The Balaban J connectivity index is 2.82. The second kappa shape index (κ2) is 7.11. The highest BCUT2D eigenvalue weighted by Gasteiger charge is 2.25. The van der Waals surface area contributed by atoms with Crippen LogP contribution in [0.25, 0.3) is 0 Å². The second-order valence-electron chi connectivity index (χ2n) is 5.71. The minimum Gasteiger partial charge on any atom is -0.505 e. The summed E-state index contributed by atoms with van der Waals surface area (Å²) < 4.78 is 23.0. The van der Waals surface area contributed by atoms with Gasteiger partial charge in [-0.15, -0.1) is 0 Å². The Morgan fingerprint density at radius 1 is 1.36 bits per heavy atom. The van der Waals surface area contributed by atoms with Gasteiger partial charge in [-0.2, -0.15) is 0 Å². The lowest BCUT2D eigenvalue weighted by Crippen LogP contribution is -2.45. The smallest absolute Gasteiger partial charge is 0.408 e. The Bertz CT molecular complexity index is 553. The van der Waals surface area contributed by atoms with E-state index in [-0.39, 0.29) is 6.42 Å². The quantitative estimate of drug-likeness (QED) is 0.832. The first-order valence-electron chi connectivity index (χ1n) is 6.67. The van der Waals surface area contributed by atoms with Crippen molar-refractivity contribution in [3.63, 3.8) is 0 Å². The molecular formula is C15H20FNO5. The summed E-state index contributed by atoms with van der Waals surface area (Å²) in [7, 11) is 1.18. The van der Waals surface area contributed by atoms with Crippen LogP contribution in [0.1, 0.15) is 26.3 Å². The minimum absolute atomic E-state index is 0.00309. The number of phenolic OH excluding ortho intramolecular Hbond substituents is 1. The maximum Gasteiger partial charge on any atom is 0.408 e. The largest absolute Gasteiger partial charge is 0.505 e. The Hall–Kier alpha value is -2.31. The molecule has 1 atom stereocenters. The van der Waals surface area contributed by atoms with Crippen molar-refractivity contribution in [1.82, 2.24) is 5.32 Å². The van der Waals surface area contributed by atoms with Gasteiger partial charge in [-0.25, -0.2) is 14.0 Å². The third-order valence-corrected chi connectivity index (χ3v) is 2.63. The summed E-state index contributed by atoms with van der Waals surface area (Å²) in [6.45, 7) is 5.07. The number of halogens is 1. The highest BCUT2D eigenvalue weighted by Crippen LogP contribution is 2.17. The van der Waals surface area contributed by atoms with Crippen LogP contribution in [0.3, 0.4) is 0 Å². The number of methoxy groups -OCH3 is 1. The molecule has 122 valence electrons. The molecule has 0 saturated carbocycles. The number of carbonyl (C=O) groups excluding carboxylic acids is 2. The zero-order chi connectivity index (χ0) is 16.9. The van der Waals surface area contributed by atoms with Gasteiger partial charge in [0.25, 0.3) is 0 Å². The van der Waals surface area contributed by atoms with Crippen LogP contribution in [0.15, 0.2) is 18.2 Å². The average Bonchev–Trinajstić information content (AvgIpc) is 2.39. The van der Waals surface area contributed by atoms with Crippen LogP contribution in [0.4, 0.5) is 9.18 Å². The zero-order valence-electron chi connectivity index (χ0n) is 13.0. The first kappa shape index (κ1) is 17.7. The number of alkyl carbamates (subject to hydrolysis) is 1. The van der Waals surface area contributed by atoms with E-state index in [1.807, 2.05) is 0 Å². The molecule has 0 aromatic heterocycles. The molecule has 7 heteroatoms. The molecule has 0 saturated heterocycles. The van der Waals surface area contributed by atoms with E-state index in [1.54, 1.807) is 20.8 Å². The van der Waals surface area contributed by atoms with Crippen molar-refractivity contribution >= 4 is 12.1 Å². The Labute approximate surface area is 128 Å². The van der Waals surface area contributed by atoms with Crippen LogP contribution in [0.2, 0.25) is 0 Å². The maximum absolute atomic E-state index is 13.3. The van der Waals surface area contributed by atoms with Crippen LogP contribution in [-0.4, -0.2) is 35.9 Å². The summed E-state index contributed by atoms with van der Waals surface area (Å²) in [6.07, 6.45) is -0.773. The molecule has 0 fully saturated rings. The van der Waals surface area contributed by atoms with Gasteiger partial charge in [-0.05, 0) is 38.5 Å². The lowest BCUT2D eigenvalue weighted by Gasteiger charge is -2.22.